The van der Waals surface area contributed by atoms with Gasteiger partial charge in [0.1, 0.15) is 5.75 Å². The number of nitrogens with zero attached hydrogens (tertiary/aromatic N) is 1. The Bertz CT molecular complexity index is 1120. The predicted molar refractivity (Wildman–Crippen MR) is 117 cm³/mol. The Hall–Kier alpha value is -3.19. The number of hydrogen-bond acceptors (Lipinski definition) is 5. The first-order valence-electron chi connectivity index (χ1n) is 9.08. The zero-order valence-corrected chi connectivity index (χ0v) is 18.6. The average Bonchev–Trinajstić information content (AvgIpc) is 2.97. The van der Waals surface area contributed by atoms with Crippen molar-refractivity contribution < 1.29 is 23.9 Å². The molecule has 0 N–H and O–H groups in total. The summed E-state index contributed by atoms with van der Waals surface area (Å²) in [4.78, 5) is 39.1. The van der Waals surface area contributed by atoms with Crippen molar-refractivity contribution in [1.82, 2.24) is 0 Å². The molecule has 0 aliphatic carbocycles. The molecule has 1 amide bonds. The highest BCUT2D eigenvalue weighted by Crippen LogP contribution is 2.37. The molecule has 0 unspecified atom stereocenters. The molecule has 154 valence electrons. The third-order valence-electron chi connectivity index (χ3n) is 4.79. The molecular formula is C23H20BrNO5. The van der Waals surface area contributed by atoms with Gasteiger partial charge in [0.05, 0.1) is 25.4 Å². The average molecular weight is 470 g/mol. The summed E-state index contributed by atoms with van der Waals surface area (Å²) >= 11 is 3.41. The highest BCUT2D eigenvalue weighted by Gasteiger charge is 2.38. The summed E-state index contributed by atoms with van der Waals surface area (Å²) in [7, 11) is 2.80. The second-order valence-electron chi connectivity index (χ2n) is 6.64. The fourth-order valence-electron chi connectivity index (χ4n) is 3.33. The Morgan fingerprint density at radius 2 is 1.83 bits per heavy atom. The number of benzene rings is 2. The monoisotopic (exact) mass is 469 g/mol. The Labute approximate surface area is 182 Å². The minimum Gasteiger partial charge on any atom is -0.496 e. The normalized spacial score (nSPS) is 15.0. The zero-order valence-electron chi connectivity index (χ0n) is 17.0. The molecular weight excluding hydrogens is 450 g/mol. The molecule has 0 radical (unpaired) electrons. The van der Waals surface area contributed by atoms with Gasteiger partial charge in [-0.3, -0.25) is 14.5 Å². The van der Waals surface area contributed by atoms with E-state index in [0.29, 0.717) is 28.3 Å². The van der Waals surface area contributed by atoms with E-state index >= 15 is 0 Å². The predicted octanol–water partition coefficient (Wildman–Crippen LogP) is 4.54. The van der Waals surface area contributed by atoms with E-state index in [0.717, 1.165) is 4.47 Å². The lowest BCUT2D eigenvalue weighted by molar-refractivity contribution is -0.136. The summed E-state index contributed by atoms with van der Waals surface area (Å²) < 4.78 is 11.1. The number of ether oxygens (including phenoxy) is 2. The molecule has 0 bridgehead atoms. The minimum atomic E-state index is -0.619. The fourth-order valence-corrected chi connectivity index (χ4v) is 3.71. The van der Waals surface area contributed by atoms with Crippen LogP contribution in [0.3, 0.4) is 0 Å². The van der Waals surface area contributed by atoms with E-state index < -0.39 is 11.9 Å². The quantitative estimate of drug-likeness (QED) is 0.365. The van der Waals surface area contributed by atoms with Gasteiger partial charge in [0, 0.05) is 27.0 Å². The smallest absolute Gasteiger partial charge is 0.340 e. The molecule has 0 atom stereocenters. The van der Waals surface area contributed by atoms with Gasteiger partial charge < -0.3 is 9.47 Å². The van der Waals surface area contributed by atoms with Gasteiger partial charge in [0.2, 0.25) is 0 Å². The van der Waals surface area contributed by atoms with E-state index in [4.69, 9.17) is 9.47 Å². The molecule has 1 aliphatic heterocycles. The van der Waals surface area contributed by atoms with Crippen LogP contribution in [0.5, 0.6) is 5.75 Å². The molecule has 1 aliphatic rings. The topological polar surface area (TPSA) is 72.9 Å². The largest absolute Gasteiger partial charge is 0.496 e. The zero-order chi connectivity index (χ0) is 22.0. The van der Waals surface area contributed by atoms with Crippen LogP contribution in [0, 0.1) is 0 Å². The second kappa shape index (κ2) is 8.67. The molecule has 3 rings (SSSR count). The summed E-state index contributed by atoms with van der Waals surface area (Å²) in [6.45, 7) is 3.13. The number of methoxy groups -OCH3 is 2. The van der Waals surface area contributed by atoms with Crippen LogP contribution in [0.15, 0.2) is 63.8 Å². The van der Waals surface area contributed by atoms with Crippen molar-refractivity contribution in [2.45, 2.75) is 13.8 Å². The second-order valence-corrected chi connectivity index (χ2v) is 7.56. The van der Waals surface area contributed by atoms with Crippen LogP contribution >= 0.6 is 15.9 Å². The molecule has 0 saturated heterocycles. The molecule has 30 heavy (non-hydrogen) atoms. The Morgan fingerprint density at radius 1 is 1.10 bits per heavy atom. The summed E-state index contributed by atoms with van der Waals surface area (Å²) in [6, 6.07) is 12.1. The maximum atomic E-state index is 13.4. The van der Waals surface area contributed by atoms with Gasteiger partial charge in [-0.15, -0.1) is 0 Å². The van der Waals surface area contributed by atoms with Gasteiger partial charge in [-0.25, -0.2) is 4.79 Å². The third kappa shape index (κ3) is 3.93. The van der Waals surface area contributed by atoms with E-state index in [1.54, 1.807) is 49.4 Å². The number of carbonyl (C=O) groups is 3. The van der Waals surface area contributed by atoms with Crippen LogP contribution in [0.25, 0.3) is 6.08 Å². The lowest BCUT2D eigenvalue weighted by Gasteiger charge is -2.18. The van der Waals surface area contributed by atoms with Gasteiger partial charge in [-0.05, 0) is 50.3 Å². The lowest BCUT2D eigenvalue weighted by Crippen LogP contribution is -2.24. The maximum absolute atomic E-state index is 13.4. The SMILES string of the molecule is COC(=O)C1=C(C)N(c2cccc(C(C)=O)c2)C(=O)/C1=C\c1cc(Br)ccc1OC. The number of halogens is 1. The number of ketones is 1. The van der Waals surface area contributed by atoms with Crippen LogP contribution in [0.1, 0.15) is 29.8 Å². The van der Waals surface area contributed by atoms with Gasteiger partial charge in [-0.2, -0.15) is 0 Å². The highest BCUT2D eigenvalue weighted by atomic mass is 79.9. The number of hydrogen-bond donors (Lipinski definition) is 0. The number of allylic oxidation sites excluding steroid dienone is 1. The Morgan fingerprint density at radius 3 is 2.47 bits per heavy atom. The molecule has 7 heteroatoms. The van der Waals surface area contributed by atoms with Crippen molar-refractivity contribution in [1.29, 1.82) is 0 Å². The summed E-state index contributed by atoms with van der Waals surface area (Å²) in [5.74, 6) is -0.577. The lowest BCUT2D eigenvalue weighted by atomic mass is 10.0. The molecule has 2 aromatic carbocycles. The third-order valence-corrected chi connectivity index (χ3v) is 5.29. The minimum absolute atomic E-state index is 0.118. The van der Waals surface area contributed by atoms with Crippen LogP contribution in [-0.2, 0) is 14.3 Å². The van der Waals surface area contributed by atoms with E-state index in [1.165, 1.54) is 26.0 Å². The maximum Gasteiger partial charge on any atom is 0.340 e. The van der Waals surface area contributed by atoms with Crippen LogP contribution in [-0.4, -0.2) is 31.9 Å². The van der Waals surface area contributed by atoms with Crippen molar-refractivity contribution >= 4 is 45.4 Å². The number of anilines is 1. The first kappa shape index (κ1) is 21.5. The van der Waals surface area contributed by atoms with E-state index in [-0.39, 0.29) is 16.9 Å². The number of carbonyl (C=O) groups excluding carboxylic acids is 3. The molecule has 0 saturated carbocycles. The molecule has 0 aromatic heterocycles. The van der Waals surface area contributed by atoms with Crippen LogP contribution < -0.4 is 9.64 Å². The van der Waals surface area contributed by atoms with Crippen molar-refractivity contribution in [2.24, 2.45) is 0 Å². The fraction of sp³-hybridized carbons (Fsp3) is 0.174. The van der Waals surface area contributed by atoms with Crippen LogP contribution in [0.4, 0.5) is 5.69 Å². The van der Waals surface area contributed by atoms with Gasteiger partial charge >= 0.3 is 5.97 Å². The number of amides is 1. The Balaban J connectivity index is 2.19. The van der Waals surface area contributed by atoms with Crippen molar-refractivity contribution in [3.05, 3.63) is 74.9 Å². The first-order chi connectivity index (χ1) is 14.3. The molecule has 2 aromatic rings. The van der Waals surface area contributed by atoms with E-state index in [1.807, 2.05) is 6.07 Å². The molecule has 1 heterocycles. The van der Waals surface area contributed by atoms with Crippen molar-refractivity contribution in [3.63, 3.8) is 0 Å². The van der Waals surface area contributed by atoms with Crippen molar-refractivity contribution in [3.8, 4) is 5.75 Å². The summed E-state index contributed by atoms with van der Waals surface area (Å²) in [5, 5.41) is 0. The van der Waals surface area contributed by atoms with E-state index in [9.17, 15) is 14.4 Å². The number of rotatable bonds is 5. The number of esters is 1. The first-order valence-corrected chi connectivity index (χ1v) is 9.88. The van der Waals surface area contributed by atoms with Crippen molar-refractivity contribution in [2.75, 3.05) is 19.1 Å². The van der Waals surface area contributed by atoms with Gasteiger partial charge in [-0.1, -0.05) is 28.1 Å². The molecule has 0 fully saturated rings. The van der Waals surface area contributed by atoms with Gasteiger partial charge in [0.15, 0.2) is 5.78 Å². The van der Waals surface area contributed by atoms with Crippen LogP contribution in [0.2, 0.25) is 0 Å². The Kier molecular flexibility index (Phi) is 6.22. The molecule has 0 spiro atoms. The molecule has 6 nitrogen and oxygen atoms in total. The highest BCUT2D eigenvalue weighted by molar-refractivity contribution is 9.10. The standard InChI is InChI=1S/C23H20BrNO5/c1-13-21(23(28)30-4)19(12-16-10-17(24)8-9-20(16)29-3)22(27)25(13)18-7-5-6-15(11-18)14(2)26/h5-12H,1-4H3/b19-12-. The number of Topliss-reactive ketones (excluding diaryl/α,β-unsaturated/α-hetero) is 1. The van der Waals surface area contributed by atoms with E-state index in [2.05, 4.69) is 15.9 Å². The van der Waals surface area contributed by atoms with Gasteiger partial charge in [0.25, 0.3) is 5.91 Å². The summed E-state index contributed by atoms with van der Waals surface area (Å²) in [6.07, 6.45) is 1.61. The summed E-state index contributed by atoms with van der Waals surface area (Å²) in [5.41, 5.74) is 2.37.